The second-order valence-electron chi connectivity index (χ2n) is 7.41. The van der Waals surface area contributed by atoms with E-state index in [1.807, 2.05) is 0 Å². The van der Waals surface area contributed by atoms with Crippen LogP contribution < -0.4 is 4.74 Å². The van der Waals surface area contributed by atoms with E-state index in [9.17, 15) is 14.3 Å². The Morgan fingerprint density at radius 3 is 2.86 bits per heavy atom. The highest BCUT2D eigenvalue weighted by molar-refractivity contribution is 5.67. The summed E-state index contributed by atoms with van der Waals surface area (Å²) in [6.07, 6.45) is 1.37. The van der Waals surface area contributed by atoms with E-state index in [-0.39, 0.29) is 31.2 Å². The van der Waals surface area contributed by atoms with Gasteiger partial charge in [-0.3, -0.25) is 4.90 Å². The van der Waals surface area contributed by atoms with Crippen LogP contribution in [-0.4, -0.2) is 85.2 Å². The van der Waals surface area contributed by atoms with Crippen LogP contribution in [0.3, 0.4) is 0 Å². The van der Waals surface area contributed by atoms with Crippen LogP contribution in [0.2, 0.25) is 0 Å². The van der Waals surface area contributed by atoms with Gasteiger partial charge in [-0.05, 0) is 31.9 Å². The molecule has 0 unspecified atom stereocenters. The largest absolute Gasteiger partial charge is 0.490 e. The number of rotatable bonds is 5. The zero-order chi connectivity index (χ0) is 20.0. The summed E-state index contributed by atoms with van der Waals surface area (Å²) >= 11 is 0. The van der Waals surface area contributed by atoms with Crippen LogP contribution >= 0.6 is 0 Å². The fourth-order valence-electron chi connectivity index (χ4n) is 3.75. The van der Waals surface area contributed by atoms with Crippen molar-refractivity contribution in [1.82, 2.24) is 9.80 Å². The van der Waals surface area contributed by atoms with Crippen molar-refractivity contribution < 1.29 is 28.5 Å². The number of carbonyl (C=O) groups excluding carboxylic acids is 1. The molecule has 2 fully saturated rings. The SMILES string of the molecule is CCOC(=O)N1CCC(N2CCOC[C@@](O)(COc3cccc(F)c3)C2)CC1. The van der Waals surface area contributed by atoms with Gasteiger partial charge in [-0.25, -0.2) is 9.18 Å². The normalized spacial score (nSPS) is 24.6. The first kappa shape index (κ1) is 20.8. The number of nitrogens with zero attached hydrogens (tertiary/aromatic N) is 2. The number of β-amino-alcohol motifs (C(OH)–C–C–N with tert-alkyl or cyclic N) is 1. The van der Waals surface area contributed by atoms with Gasteiger partial charge >= 0.3 is 6.09 Å². The average Bonchev–Trinajstić information content (AvgIpc) is 2.89. The van der Waals surface area contributed by atoms with E-state index in [2.05, 4.69) is 4.90 Å². The van der Waals surface area contributed by atoms with Gasteiger partial charge < -0.3 is 24.2 Å². The Morgan fingerprint density at radius 1 is 1.36 bits per heavy atom. The van der Waals surface area contributed by atoms with E-state index in [4.69, 9.17) is 14.2 Å². The Labute approximate surface area is 165 Å². The third kappa shape index (κ3) is 5.56. The molecule has 8 heteroatoms. The van der Waals surface area contributed by atoms with Gasteiger partial charge in [-0.2, -0.15) is 0 Å². The van der Waals surface area contributed by atoms with Crippen molar-refractivity contribution in [2.24, 2.45) is 0 Å². The van der Waals surface area contributed by atoms with Gasteiger partial charge in [0.25, 0.3) is 0 Å². The number of halogens is 1. The van der Waals surface area contributed by atoms with Crippen LogP contribution in [0.5, 0.6) is 5.75 Å². The van der Waals surface area contributed by atoms with Crippen molar-refractivity contribution in [3.05, 3.63) is 30.1 Å². The van der Waals surface area contributed by atoms with Gasteiger partial charge in [-0.1, -0.05) is 6.07 Å². The zero-order valence-electron chi connectivity index (χ0n) is 16.3. The molecule has 1 amide bonds. The third-order valence-corrected chi connectivity index (χ3v) is 5.20. The molecule has 2 aliphatic heterocycles. The molecular weight excluding hydrogens is 367 g/mol. The summed E-state index contributed by atoms with van der Waals surface area (Å²) in [5, 5.41) is 11.0. The fourth-order valence-corrected chi connectivity index (χ4v) is 3.75. The molecule has 1 N–H and O–H groups in total. The molecule has 28 heavy (non-hydrogen) atoms. The first-order valence-electron chi connectivity index (χ1n) is 9.83. The quantitative estimate of drug-likeness (QED) is 0.820. The molecular formula is C20H29FN2O5. The van der Waals surface area contributed by atoms with E-state index in [0.717, 1.165) is 12.8 Å². The predicted octanol–water partition coefficient (Wildman–Crippen LogP) is 1.89. The highest BCUT2D eigenvalue weighted by Gasteiger charge is 2.37. The van der Waals surface area contributed by atoms with Crippen LogP contribution in [0.15, 0.2) is 24.3 Å². The Balaban J connectivity index is 1.55. The number of hydrogen-bond donors (Lipinski definition) is 1. The second kappa shape index (κ2) is 9.54. The molecule has 0 aliphatic carbocycles. The Hall–Kier alpha value is -1.90. The highest BCUT2D eigenvalue weighted by atomic mass is 19.1. The third-order valence-electron chi connectivity index (χ3n) is 5.20. The minimum Gasteiger partial charge on any atom is -0.490 e. The number of hydrogen-bond acceptors (Lipinski definition) is 6. The number of piperidine rings is 1. The van der Waals surface area contributed by atoms with E-state index in [0.29, 0.717) is 45.1 Å². The van der Waals surface area contributed by atoms with Gasteiger partial charge in [0, 0.05) is 38.3 Å². The number of likely N-dealkylation sites (tertiary alicyclic amines) is 1. The van der Waals surface area contributed by atoms with Gasteiger partial charge in [-0.15, -0.1) is 0 Å². The number of amides is 1. The summed E-state index contributed by atoms with van der Waals surface area (Å²) < 4.78 is 29.6. The van der Waals surface area contributed by atoms with Crippen molar-refractivity contribution >= 4 is 6.09 Å². The monoisotopic (exact) mass is 396 g/mol. The molecule has 2 heterocycles. The molecule has 0 saturated carbocycles. The maximum atomic E-state index is 13.3. The Bertz CT molecular complexity index is 653. The second-order valence-corrected chi connectivity index (χ2v) is 7.41. The Morgan fingerprint density at radius 2 is 2.14 bits per heavy atom. The Kier molecular flexibility index (Phi) is 7.09. The smallest absolute Gasteiger partial charge is 0.409 e. The van der Waals surface area contributed by atoms with Crippen LogP contribution in [0.4, 0.5) is 9.18 Å². The number of ether oxygens (including phenoxy) is 3. The first-order chi connectivity index (χ1) is 13.5. The fraction of sp³-hybridized carbons (Fsp3) is 0.650. The lowest BCUT2D eigenvalue weighted by Gasteiger charge is -2.39. The topological polar surface area (TPSA) is 71.5 Å². The van der Waals surface area contributed by atoms with Crippen molar-refractivity contribution in [1.29, 1.82) is 0 Å². The van der Waals surface area contributed by atoms with Crippen molar-refractivity contribution in [2.75, 3.05) is 52.6 Å². The number of aliphatic hydroxyl groups is 1. The van der Waals surface area contributed by atoms with Gasteiger partial charge in [0.15, 0.2) is 0 Å². The summed E-state index contributed by atoms with van der Waals surface area (Å²) in [7, 11) is 0. The van der Waals surface area contributed by atoms with Crippen LogP contribution in [0.1, 0.15) is 19.8 Å². The lowest BCUT2D eigenvalue weighted by molar-refractivity contribution is -0.0689. The van der Waals surface area contributed by atoms with Gasteiger partial charge in [0.05, 0.1) is 19.8 Å². The average molecular weight is 396 g/mol. The minimum atomic E-state index is -1.18. The van der Waals surface area contributed by atoms with Crippen LogP contribution in [0.25, 0.3) is 0 Å². The maximum Gasteiger partial charge on any atom is 0.409 e. The molecule has 3 rings (SSSR count). The summed E-state index contributed by atoms with van der Waals surface area (Å²) in [6.45, 7) is 5.29. The molecule has 0 spiro atoms. The molecule has 7 nitrogen and oxygen atoms in total. The molecule has 156 valence electrons. The van der Waals surface area contributed by atoms with E-state index < -0.39 is 5.60 Å². The molecule has 0 aromatic heterocycles. The summed E-state index contributed by atoms with van der Waals surface area (Å²) in [4.78, 5) is 15.8. The molecule has 2 saturated heterocycles. The van der Waals surface area contributed by atoms with Crippen molar-refractivity contribution in [3.8, 4) is 5.75 Å². The maximum absolute atomic E-state index is 13.3. The van der Waals surface area contributed by atoms with Gasteiger partial charge in [0.1, 0.15) is 23.8 Å². The minimum absolute atomic E-state index is 0.0224. The number of carbonyl (C=O) groups is 1. The molecule has 1 aromatic rings. The zero-order valence-corrected chi connectivity index (χ0v) is 16.3. The van der Waals surface area contributed by atoms with E-state index >= 15 is 0 Å². The molecule has 1 aromatic carbocycles. The summed E-state index contributed by atoms with van der Waals surface area (Å²) in [5.74, 6) is 0.00330. The van der Waals surface area contributed by atoms with Crippen molar-refractivity contribution in [2.45, 2.75) is 31.4 Å². The van der Waals surface area contributed by atoms with E-state index in [1.54, 1.807) is 24.0 Å². The first-order valence-corrected chi connectivity index (χ1v) is 9.83. The number of benzene rings is 1. The molecule has 2 aliphatic rings. The lowest BCUT2D eigenvalue weighted by atomic mass is 10.00. The summed E-state index contributed by atoms with van der Waals surface area (Å²) in [6, 6.07) is 6.13. The standard InChI is InChI=1S/C20H29FN2O5/c1-2-27-19(24)22-8-6-17(7-9-22)23-10-11-26-14-20(25,13-23)15-28-18-5-3-4-16(21)12-18/h3-5,12,17,25H,2,6-11,13-15H2,1H3/t20-/m1/s1. The molecule has 0 radical (unpaired) electrons. The highest BCUT2D eigenvalue weighted by Crippen LogP contribution is 2.23. The molecule has 1 atom stereocenters. The predicted molar refractivity (Wildman–Crippen MR) is 101 cm³/mol. The molecule has 0 bridgehead atoms. The van der Waals surface area contributed by atoms with Crippen LogP contribution in [0, 0.1) is 5.82 Å². The van der Waals surface area contributed by atoms with Gasteiger partial charge in [0.2, 0.25) is 0 Å². The van der Waals surface area contributed by atoms with E-state index in [1.165, 1.54) is 12.1 Å². The lowest BCUT2D eigenvalue weighted by Crippen LogP contribution is -2.54. The van der Waals surface area contributed by atoms with Crippen molar-refractivity contribution in [3.63, 3.8) is 0 Å². The van der Waals surface area contributed by atoms with Crippen LogP contribution in [-0.2, 0) is 9.47 Å². The summed E-state index contributed by atoms with van der Waals surface area (Å²) in [5.41, 5.74) is -1.18.